The maximum Gasteiger partial charge on any atom is 0.242 e. The van der Waals surface area contributed by atoms with Crippen LogP contribution in [0.3, 0.4) is 0 Å². The van der Waals surface area contributed by atoms with E-state index in [0.717, 1.165) is 17.5 Å². The predicted molar refractivity (Wildman–Crippen MR) is 105 cm³/mol. The Morgan fingerprint density at radius 1 is 1.12 bits per heavy atom. The van der Waals surface area contributed by atoms with E-state index in [4.69, 9.17) is 0 Å². The van der Waals surface area contributed by atoms with Gasteiger partial charge in [-0.2, -0.15) is 5.10 Å². The summed E-state index contributed by atoms with van der Waals surface area (Å²) in [6.45, 7) is 4.60. The molecule has 0 aliphatic carbocycles. The number of amides is 1. The maximum atomic E-state index is 12.6. The molecule has 0 spiro atoms. The van der Waals surface area contributed by atoms with E-state index in [0.29, 0.717) is 11.7 Å². The van der Waals surface area contributed by atoms with Crippen molar-refractivity contribution < 1.29 is 4.79 Å². The summed E-state index contributed by atoms with van der Waals surface area (Å²) < 4.78 is 0. The van der Waals surface area contributed by atoms with Crippen LogP contribution in [0.2, 0.25) is 0 Å². The highest BCUT2D eigenvalue weighted by molar-refractivity contribution is 8.15. The van der Waals surface area contributed by atoms with Gasteiger partial charge in [-0.25, -0.2) is 0 Å². The third-order valence-corrected chi connectivity index (χ3v) is 5.33. The molecule has 2 aromatic rings. The number of carbonyl (C=O) groups excluding carboxylic acids is 1. The zero-order valence-corrected chi connectivity index (χ0v) is 15.2. The van der Waals surface area contributed by atoms with E-state index < -0.39 is 0 Å². The van der Waals surface area contributed by atoms with E-state index >= 15 is 0 Å². The number of carbonyl (C=O) groups is 1. The number of aryl methyl sites for hydroxylation is 1. The van der Waals surface area contributed by atoms with Gasteiger partial charge in [-0.3, -0.25) is 9.69 Å². The van der Waals surface area contributed by atoms with E-state index in [1.54, 1.807) is 11.1 Å². The van der Waals surface area contributed by atoms with Crippen molar-refractivity contribution in [1.82, 2.24) is 4.90 Å². The van der Waals surface area contributed by atoms with E-state index in [9.17, 15) is 4.79 Å². The highest BCUT2D eigenvalue weighted by atomic mass is 32.2. The third-order valence-electron chi connectivity index (χ3n) is 4.00. The number of rotatable bonds is 5. The second-order valence-corrected chi connectivity index (χ2v) is 7.13. The fourth-order valence-corrected chi connectivity index (χ4v) is 3.58. The Kier molecular flexibility index (Phi) is 5.66. The third kappa shape index (κ3) is 4.37. The van der Waals surface area contributed by atoms with Gasteiger partial charge in [0.2, 0.25) is 5.91 Å². The standard InChI is InChI=1S/C20H21N3OS/c1-3-18-19(24)23(14-17-7-5-4-6-8-17)20(25-18)22-21-13-16-11-9-15(2)10-12-16/h4-13,18H,3,14H2,1-2H3. The van der Waals surface area contributed by atoms with Crippen LogP contribution in [-0.4, -0.2) is 27.4 Å². The van der Waals surface area contributed by atoms with Crippen LogP contribution in [0.15, 0.2) is 64.8 Å². The molecule has 1 amide bonds. The first-order chi connectivity index (χ1) is 12.2. The molecule has 1 saturated heterocycles. The smallest absolute Gasteiger partial charge is 0.242 e. The van der Waals surface area contributed by atoms with Crippen LogP contribution >= 0.6 is 11.8 Å². The lowest BCUT2D eigenvalue weighted by atomic mass is 10.2. The normalized spacial score (nSPS) is 19.3. The topological polar surface area (TPSA) is 45.0 Å². The van der Waals surface area contributed by atoms with Gasteiger partial charge in [0.25, 0.3) is 0 Å². The summed E-state index contributed by atoms with van der Waals surface area (Å²) in [5.74, 6) is 0.112. The van der Waals surface area contributed by atoms with E-state index in [2.05, 4.69) is 10.2 Å². The van der Waals surface area contributed by atoms with Gasteiger partial charge in [-0.1, -0.05) is 78.8 Å². The Morgan fingerprint density at radius 2 is 1.84 bits per heavy atom. The second-order valence-electron chi connectivity index (χ2n) is 5.96. The van der Waals surface area contributed by atoms with Crippen molar-refractivity contribution in [1.29, 1.82) is 0 Å². The van der Waals surface area contributed by atoms with Crippen LogP contribution in [0.5, 0.6) is 0 Å². The number of amidine groups is 1. The Balaban J connectivity index is 1.78. The Hall–Kier alpha value is -2.40. The zero-order chi connectivity index (χ0) is 17.6. The minimum absolute atomic E-state index is 0.0722. The van der Waals surface area contributed by atoms with Gasteiger partial charge in [0, 0.05) is 0 Å². The molecular weight excluding hydrogens is 330 g/mol. The first-order valence-electron chi connectivity index (χ1n) is 8.37. The summed E-state index contributed by atoms with van der Waals surface area (Å²) in [7, 11) is 0. The second kappa shape index (κ2) is 8.12. The average molecular weight is 351 g/mol. The Morgan fingerprint density at radius 3 is 2.52 bits per heavy atom. The molecule has 0 saturated carbocycles. The molecule has 5 heteroatoms. The summed E-state index contributed by atoms with van der Waals surface area (Å²) in [4.78, 5) is 14.3. The lowest BCUT2D eigenvalue weighted by Gasteiger charge is -2.15. The molecule has 25 heavy (non-hydrogen) atoms. The Bertz CT molecular complexity index is 784. The molecule has 128 valence electrons. The summed E-state index contributed by atoms with van der Waals surface area (Å²) in [6, 6.07) is 18.0. The van der Waals surface area contributed by atoms with Crippen molar-refractivity contribution in [3.63, 3.8) is 0 Å². The molecule has 0 aromatic heterocycles. The molecule has 1 heterocycles. The fourth-order valence-electron chi connectivity index (χ4n) is 2.55. The van der Waals surface area contributed by atoms with Crippen molar-refractivity contribution in [2.45, 2.75) is 32.1 Å². The zero-order valence-electron chi connectivity index (χ0n) is 14.4. The van der Waals surface area contributed by atoms with Crippen LogP contribution in [-0.2, 0) is 11.3 Å². The quantitative estimate of drug-likeness (QED) is 0.597. The van der Waals surface area contributed by atoms with Crippen LogP contribution in [0.4, 0.5) is 0 Å². The van der Waals surface area contributed by atoms with Gasteiger partial charge in [-0.15, -0.1) is 5.10 Å². The molecule has 3 rings (SSSR count). The van der Waals surface area contributed by atoms with Crippen LogP contribution in [0.1, 0.15) is 30.0 Å². The minimum atomic E-state index is -0.0722. The monoisotopic (exact) mass is 351 g/mol. The average Bonchev–Trinajstić information content (AvgIpc) is 2.93. The molecule has 1 fully saturated rings. The highest BCUT2D eigenvalue weighted by Gasteiger charge is 2.36. The van der Waals surface area contributed by atoms with Gasteiger partial charge in [0.1, 0.15) is 0 Å². The van der Waals surface area contributed by atoms with Gasteiger partial charge in [0.05, 0.1) is 18.0 Å². The largest absolute Gasteiger partial charge is 0.284 e. The first-order valence-corrected chi connectivity index (χ1v) is 9.25. The van der Waals surface area contributed by atoms with Crippen molar-refractivity contribution in [2.75, 3.05) is 0 Å². The van der Waals surface area contributed by atoms with Crippen molar-refractivity contribution in [2.24, 2.45) is 10.2 Å². The van der Waals surface area contributed by atoms with Crippen LogP contribution < -0.4 is 0 Å². The van der Waals surface area contributed by atoms with Gasteiger partial charge < -0.3 is 0 Å². The minimum Gasteiger partial charge on any atom is -0.284 e. The van der Waals surface area contributed by atoms with Crippen LogP contribution in [0.25, 0.3) is 0 Å². The first kappa shape index (κ1) is 17.4. The van der Waals surface area contributed by atoms with Crippen molar-refractivity contribution in [3.05, 3.63) is 71.3 Å². The summed E-state index contributed by atoms with van der Waals surface area (Å²) in [5, 5.41) is 9.12. The van der Waals surface area contributed by atoms with Crippen LogP contribution in [0, 0.1) is 6.92 Å². The van der Waals surface area contributed by atoms with Crippen molar-refractivity contribution >= 4 is 29.1 Å². The molecule has 2 aromatic carbocycles. The molecule has 1 atom stereocenters. The maximum absolute atomic E-state index is 12.6. The van der Waals surface area contributed by atoms with Gasteiger partial charge >= 0.3 is 0 Å². The molecule has 0 bridgehead atoms. The van der Waals surface area contributed by atoms with E-state index in [1.807, 2.05) is 68.4 Å². The SMILES string of the molecule is CCC1SC(=NN=Cc2ccc(C)cc2)N(Cc2ccccc2)C1=O. The molecule has 0 N–H and O–H groups in total. The number of nitrogens with zero attached hydrogens (tertiary/aromatic N) is 3. The van der Waals surface area contributed by atoms with Gasteiger partial charge in [0.15, 0.2) is 5.17 Å². The predicted octanol–water partition coefficient (Wildman–Crippen LogP) is 4.24. The number of hydrogen-bond donors (Lipinski definition) is 0. The van der Waals surface area contributed by atoms with Crippen molar-refractivity contribution in [3.8, 4) is 0 Å². The molecule has 1 aliphatic heterocycles. The van der Waals surface area contributed by atoms with Gasteiger partial charge in [-0.05, 0) is 24.5 Å². The number of hydrogen-bond acceptors (Lipinski definition) is 4. The lowest BCUT2D eigenvalue weighted by molar-refractivity contribution is -0.126. The van der Waals surface area contributed by atoms with E-state index in [1.165, 1.54) is 17.3 Å². The molecular formula is C20H21N3OS. The summed E-state index contributed by atoms with van der Waals surface area (Å²) >= 11 is 1.50. The highest BCUT2D eigenvalue weighted by Crippen LogP contribution is 2.30. The summed E-state index contributed by atoms with van der Waals surface area (Å²) in [5.41, 5.74) is 3.29. The fraction of sp³-hybridized carbons (Fsp3) is 0.250. The molecule has 1 aliphatic rings. The Labute approximate surface area is 152 Å². The molecule has 4 nitrogen and oxygen atoms in total. The van der Waals surface area contributed by atoms with E-state index in [-0.39, 0.29) is 11.2 Å². The summed E-state index contributed by atoms with van der Waals surface area (Å²) in [6.07, 6.45) is 2.51. The number of benzene rings is 2. The lowest BCUT2D eigenvalue weighted by Crippen LogP contribution is -2.31. The molecule has 0 radical (unpaired) electrons. The molecule has 1 unspecified atom stereocenters. The number of thioether (sulfide) groups is 1.